The van der Waals surface area contributed by atoms with E-state index >= 15 is 0 Å². The van der Waals surface area contributed by atoms with Crippen LogP contribution < -0.4 is 15.2 Å². The highest BCUT2D eigenvalue weighted by Crippen LogP contribution is 2.38. The lowest BCUT2D eigenvalue weighted by Crippen LogP contribution is -2.08. The molecule has 4 nitrogen and oxygen atoms in total. The highest BCUT2D eigenvalue weighted by Gasteiger charge is 2.17. The Kier molecular flexibility index (Phi) is 2.04. The van der Waals surface area contributed by atoms with Crippen LogP contribution in [0.1, 0.15) is 18.4 Å². The molecule has 3 rings (SSSR count). The fourth-order valence-electron chi connectivity index (χ4n) is 2.07. The molecule has 1 atom stereocenters. The summed E-state index contributed by atoms with van der Waals surface area (Å²) in [5.74, 6) is 1.97. The van der Waals surface area contributed by atoms with Gasteiger partial charge in [0.05, 0.1) is 0 Å². The molecule has 1 aromatic heterocycles. The smallest absolute Gasteiger partial charge is 0.231 e. The molecule has 0 saturated carbocycles. The number of nitrogens with two attached hydrogens (primary N) is 1. The van der Waals surface area contributed by atoms with Crippen molar-refractivity contribution in [3.63, 3.8) is 0 Å². The minimum atomic E-state index is 0.309. The Morgan fingerprint density at radius 2 is 2.12 bits per heavy atom. The average molecular weight is 218 g/mol. The number of hydrogen-bond acceptors (Lipinski definition) is 3. The molecule has 16 heavy (non-hydrogen) atoms. The largest absolute Gasteiger partial charge is 0.454 e. The number of H-pyrrole nitrogens is 1. The van der Waals surface area contributed by atoms with Crippen LogP contribution in [-0.2, 0) is 0 Å². The highest BCUT2D eigenvalue weighted by molar-refractivity contribution is 5.87. The number of fused-ring (bicyclic) bond motifs is 2. The lowest BCUT2D eigenvalue weighted by Gasteiger charge is -2.06. The molecule has 1 aliphatic heterocycles. The van der Waals surface area contributed by atoms with E-state index in [-0.39, 0.29) is 0 Å². The molecular weight excluding hydrogens is 204 g/mol. The van der Waals surface area contributed by atoms with E-state index in [9.17, 15) is 0 Å². The topological polar surface area (TPSA) is 60.3 Å². The molecule has 3 N–H and O–H groups in total. The van der Waals surface area contributed by atoms with E-state index in [0.29, 0.717) is 19.3 Å². The van der Waals surface area contributed by atoms with E-state index in [1.807, 2.05) is 18.3 Å². The van der Waals surface area contributed by atoms with Gasteiger partial charge in [0.1, 0.15) is 0 Å². The van der Waals surface area contributed by atoms with Gasteiger partial charge in [0.25, 0.3) is 0 Å². The number of aromatic amines is 1. The zero-order chi connectivity index (χ0) is 11.1. The minimum Gasteiger partial charge on any atom is -0.454 e. The summed E-state index contributed by atoms with van der Waals surface area (Å²) in [6.45, 7) is 3.07. The summed E-state index contributed by atoms with van der Waals surface area (Å²) in [6.07, 6.45) is 2.01. The Bertz CT molecular complexity index is 533. The summed E-state index contributed by atoms with van der Waals surface area (Å²) in [4.78, 5) is 3.24. The van der Waals surface area contributed by atoms with Crippen LogP contribution in [0.25, 0.3) is 10.9 Å². The van der Waals surface area contributed by atoms with Crippen molar-refractivity contribution in [2.24, 2.45) is 5.73 Å². The van der Waals surface area contributed by atoms with Gasteiger partial charge in [-0.15, -0.1) is 0 Å². The maximum Gasteiger partial charge on any atom is 0.231 e. The lowest BCUT2D eigenvalue weighted by atomic mass is 10.0. The van der Waals surface area contributed by atoms with Gasteiger partial charge in [-0.25, -0.2) is 0 Å². The molecule has 1 aliphatic rings. The average Bonchev–Trinajstić information content (AvgIpc) is 2.90. The highest BCUT2D eigenvalue weighted by atomic mass is 16.7. The molecular formula is C12H14N2O2. The maximum absolute atomic E-state index is 5.70. The van der Waals surface area contributed by atoms with Gasteiger partial charge in [-0.05, 0) is 24.1 Å². The normalized spacial score (nSPS) is 15.6. The Labute approximate surface area is 93.3 Å². The SMILES string of the molecule is CC(CN)c1c[nH]c2cc3c(cc12)OCO3. The number of hydrogen-bond donors (Lipinski definition) is 2. The van der Waals surface area contributed by atoms with Gasteiger partial charge in [0, 0.05) is 23.2 Å². The summed E-state index contributed by atoms with van der Waals surface area (Å²) in [5.41, 5.74) is 8.00. The Hall–Kier alpha value is -1.68. The third kappa shape index (κ3) is 1.27. The Balaban J connectivity index is 2.19. The van der Waals surface area contributed by atoms with E-state index in [2.05, 4.69) is 11.9 Å². The van der Waals surface area contributed by atoms with Crippen molar-refractivity contribution >= 4 is 10.9 Å². The van der Waals surface area contributed by atoms with E-state index in [4.69, 9.17) is 15.2 Å². The molecule has 0 bridgehead atoms. The van der Waals surface area contributed by atoms with E-state index in [1.54, 1.807) is 0 Å². The predicted molar refractivity (Wildman–Crippen MR) is 61.9 cm³/mol. The molecule has 0 spiro atoms. The zero-order valence-corrected chi connectivity index (χ0v) is 9.12. The first-order valence-corrected chi connectivity index (χ1v) is 5.40. The minimum absolute atomic E-state index is 0.309. The lowest BCUT2D eigenvalue weighted by molar-refractivity contribution is 0.174. The number of benzene rings is 1. The first kappa shape index (κ1) is 9.54. The summed E-state index contributed by atoms with van der Waals surface area (Å²) in [6, 6.07) is 4.00. The van der Waals surface area contributed by atoms with Gasteiger partial charge in [-0.1, -0.05) is 6.92 Å². The molecule has 0 amide bonds. The van der Waals surface area contributed by atoms with Crippen LogP contribution in [0.3, 0.4) is 0 Å². The molecule has 0 fully saturated rings. The first-order valence-electron chi connectivity index (χ1n) is 5.40. The van der Waals surface area contributed by atoms with E-state index < -0.39 is 0 Å². The van der Waals surface area contributed by atoms with Crippen molar-refractivity contribution in [2.45, 2.75) is 12.8 Å². The molecule has 0 aliphatic carbocycles. The number of rotatable bonds is 2. The zero-order valence-electron chi connectivity index (χ0n) is 9.12. The number of nitrogens with one attached hydrogen (secondary N) is 1. The standard InChI is InChI=1S/C12H14N2O2/c1-7(4-13)9-5-14-10-3-12-11(2-8(9)10)15-6-16-12/h2-3,5,7,14H,4,6,13H2,1H3. The van der Waals surface area contributed by atoms with Crippen molar-refractivity contribution in [1.29, 1.82) is 0 Å². The fourth-order valence-corrected chi connectivity index (χ4v) is 2.07. The van der Waals surface area contributed by atoms with Gasteiger partial charge in [-0.2, -0.15) is 0 Å². The summed E-state index contributed by atoms with van der Waals surface area (Å²) in [5, 5.41) is 1.17. The Morgan fingerprint density at radius 1 is 1.38 bits per heavy atom. The summed E-state index contributed by atoms with van der Waals surface area (Å²) < 4.78 is 10.7. The quantitative estimate of drug-likeness (QED) is 0.810. The van der Waals surface area contributed by atoms with Crippen molar-refractivity contribution in [3.05, 3.63) is 23.9 Å². The van der Waals surface area contributed by atoms with Gasteiger partial charge in [0.2, 0.25) is 6.79 Å². The fraction of sp³-hybridized carbons (Fsp3) is 0.333. The second-order valence-corrected chi connectivity index (χ2v) is 4.13. The van der Waals surface area contributed by atoms with Crippen molar-refractivity contribution in [1.82, 2.24) is 4.98 Å². The van der Waals surface area contributed by atoms with Crippen LogP contribution in [0.2, 0.25) is 0 Å². The molecule has 84 valence electrons. The molecule has 2 heterocycles. The second-order valence-electron chi connectivity index (χ2n) is 4.13. The van der Waals surface area contributed by atoms with E-state index in [1.165, 1.54) is 10.9 Å². The van der Waals surface area contributed by atoms with Gasteiger partial charge < -0.3 is 20.2 Å². The van der Waals surface area contributed by atoms with Crippen LogP contribution in [0.4, 0.5) is 0 Å². The second kappa shape index (κ2) is 3.42. The maximum atomic E-state index is 5.70. The predicted octanol–water partition coefficient (Wildman–Crippen LogP) is 1.96. The Morgan fingerprint density at radius 3 is 2.88 bits per heavy atom. The van der Waals surface area contributed by atoms with Crippen molar-refractivity contribution < 1.29 is 9.47 Å². The number of aromatic nitrogens is 1. The van der Waals surface area contributed by atoms with Gasteiger partial charge in [0.15, 0.2) is 11.5 Å². The molecule has 4 heteroatoms. The van der Waals surface area contributed by atoms with Crippen molar-refractivity contribution in [3.8, 4) is 11.5 Å². The van der Waals surface area contributed by atoms with Crippen LogP contribution in [0.15, 0.2) is 18.3 Å². The van der Waals surface area contributed by atoms with Gasteiger partial charge >= 0.3 is 0 Å². The van der Waals surface area contributed by atoms with Gasteiger partial charge in [-0.3, -0.25) is 0 Å². The molecule has 1 unspecified atom stereocenters. The summed E-state index contributed by atoms with van der Waals surface area (Å²) in [7, 11) is 0. The molecule has 0 saturated heterocycles. The monoisotopic (exact) mass is 218 g/mol. The third-order valence-corrected chi connectivity index (χ3v) is 3.09. The molecule has 0 radical (unpaired) electrons. The van der Waals surface area contributed by atoms with Crippen LogP contribution in [0.5, 0.6) is 11.5 Å². The van der Waals surface area contributed by atoms with E-state index in [0.717, 1.165) is 17.0 Å². The van der Waals surface area contributed by atoms with Crippen LogP contribution >= 0.6 is 0 Å². The number of ether oxygens (including phenoxy) is 2. The summed E-state index contributed by atoms with van der Waals surface area (Å²) >= 11 is 0. The third-order valence-electron chi connectivity index (χ3n) is 3.09. The molecule has 1 aromatic carbocycles. The molecule has 2 aromatic rings. The van der Waals surface area contributed by atoms with Crippen LogP contribution in [0, 0.1) is 0 Å². The van der Waals surface area contributed by atoms with Crippen molar-refractivity contribution in [2.75, 3.05) is 13.3 Å². The first-order chi connectivity index (χ1) is 7.79. The van der Waals surface area contributed by atoms with Crippen LogP contribution in [-0.4, -0.2) is 18.3 Å².